The van der Waals surface area contributed by atoms with Crippen LogP contribution in [0.4, 0.5) is 0 Å². The molecule has 0 radical (unpaired) electrons. The molecule has 0 aliphatic heterocycles. The summed E-state index contributed by atoms with van der Waals surface area (Å²) in [4.78, 5) is 0. The third-order valence-electron chi connectivity index (χ3n) is 3.14. The molecule has 1 N–H and O–H groups in total. The first-order valence-electron chi connectivity index (χ1n) is 6.18. The molecule has 0 fully saturated rings. The molecule has 0 amide bonds. The maximum atomic E-state index is 8.97. The van der Waals surface area contributed by atoms with E-state index in [-0.39, 0.29) is 18.0 Å². The molecule has 3 atom stereocenters. The molecular weight excluding hydrogens is 226 g/mol. The molecule has 5 heteroatoms. The highest BCUT2D eigenvalue weighted by atomic mass is 15.3. The van der Waals surface area contributed by atoms with E-state index < -0.39 is 0 Å². The molecule has 0 bridgehead atoms. The smallest absolute Gasteiger partial charge is 0.0669 e. The van der Waals surface area contributed by atoms with Crippen LogP contribution in [-0.2, 0) is 0 Å². The van der Waals surface area contributed by atoms with Crippen molar-refractivity contribution in [2.24, 2.45) is 5.92 Å². The molecule has 1 rings (SSSR count). The van der Waals surface area contributed by atoms with E-state index in [4.69, 9.17) is 10.5 Å². The normalized spacial score (nSPS) is 15.3. The number of nitrogens with one attached hydrogen (secondary N) is 1. The minimum atomic E-state index is -0.100. The molecule has 0 saturated carbocycles. The summed E-state index contributed by atoms with van der Waals surface area (Å²) in [5, 5.41) is 25.0. The maximum Gasteiger partial charge on any atom is 0.0669 e. The summed E-state index contributed by atoms with van der Waals surface area (Å²) in [6.45, 7) is 4.78. The lowest BCUT2D eigenvalue weighted by Crippen LogP contribution is -2.36. The fraction of sp³-hybridized carbons (Fsp3) is 0.615. The lowest BCUT2D eigenvalue weighted by atomic mass is 10.0. The van der Waals surface area contributed by atoms with Gasteiger partial charge in [0.1, 0.15) is 0 Å². The Balaban J connectivity index is 2.38. The van der Waals surface area contributed by atoms with Crippen molar-refractivity contribution in [3.63, 3.8) is 0 Å². The summed E-state index contributed by atoms with van der Waals surface area (Å²) in [6, 6.07) is 6.66. The molecular formula is C13H19N5. The first-order chi connectivity index (χ1) is 8.69. The van der Waals surface area contributed by atoms with Crippen molar-refractivity contribution >= 4 is 0 Å². The summed E-state index contributed by atoms with van der Waals surface area (Å²) in [6.07, 6.45) is 4.75. The molecule has 0 spiro atoms. The van der Waals surface area contributed by atoms with Gasteiger partial charge in [0.15, 0.2) is 0 Å². The molecule has 0 unspecified atom stereocenters. The highest BCUT2D eigenvalue weighted by Crippen LogP contribution is 2.10. The van der Waals surface area contributed by atoms with Crippen LogP contribution in [0.1, 0.15) is 32.7 Å². The van der Waals surface area contributed by atoms with Crippen LogP contribution in [0.3, 0.4) is 0 Å². The monoisotopic (exact) mass is 245 g/mol. The number of nitriles is 2. The van der Waals surface area contributed by atoms with Crippen LogP contribution in [0.15, 0.2) is 18.5 Å². The molecule has 18 heavy (non-hydrogen) atoms. The average Bonchev–Trinajstić information content (AvgIpc) is 2.91. The van der Waals surface area contributed by atoms with Crippen LogP contribution >= 0.6 is 0 Å². The third kappa shape index (κ3) is 4.20. The second-order valence-electron chi connectivity index (χ2n) is 4.45. The summed E-state index contributed by atoms with van der Waals surface area (Å²) >= 11 is 0. The molecule has 5 nitrogen and oxygen atoms in total. The van der Waals surface area contributed by atoms with E-state index in [1.165, 1.54) is 0 Å². The van der Waals surface area contributed by atoms with Crippen molar-refractivity contribution in [3.8, 4) is 12.1 Å². The molecule has 0 aliphatic rings. The van der Waals surface area contributed by atoms with Gasteiger partial charge in [-0.2, -0.15) is 15.6 Å². The highest BCUT2D eigenvalue weighted by Gasteiger charge is 2.15. The molecule has 0 aliphatic carbocycles. The second kappa shape index (κ2) is 7.47. The van der Waals surface area contributed by atoms with Gasteiger partial charge in [-0.3, -0.25) is 4.68 Å². The van der Waals surface area contributed by atoms with Gasteiger partial charge in [-0.1, -0.05) is 0 Å². The van der Waals surface area contributed by atoms with Gasteiger partial charge in [0.05, 0.1) is 24.1 Å². The molecule has 96 valence electrons. The Morgan fingerprint density at radius 1 is 1.39 bits per heavy atom. The van der Waals surface area contributed by atoms with Crippen LogP contribution in [0.5, 0.6) is 0 Å². The lowest BCUT2D eigenvalue weighted by Gasteiger charge is -2.22. The fourth-order valence-corrected chi connectivity index (χ4v) is 1.70. The standard InChI is InChI=1S/C13H19N5/c1-11(12(2)18-8-4-7-17-18)16-10-13(9-15)5-3-6-14/h4,7-8,11-13,16H,3,5,10H2,1-2H3/t11-,12-,13-/m0/s1. The van der Waals surface area contributed by atoms with E-state index in [1.807, 2.05) is 16.9 Å². The van der Waals surface area contributed by atoms with E-state index in [9.17, 15) is 0 Å². The Hall–Kier alpha value is -1.85. The van der Waals surface area contributed by atoms with Crippen LogP contribution in [0.2, 0.25) is 0 Å². The number of hydrogen-bond donors (Lipinski definition) is 1. The Morgan fingerprint density at radius 3 is 2.72 bits per heavy atom. The zero-order chi connectivity index (χ0) is 13.4. The average molecular weight is 245 g/mol. The topological polar surface area (TPSA) is 77.4 Å². The molecule has 1 aromatic heterocycles. The Kier molecular flexibility index (Phi) is 5.90. The van der Waals surface area contributed by atoms with Gasteiger partial charge in [-0.25, -0.2) is 0 Å². The van der Waals surface area contributed by atoms with Crippen molar-refractivity contribution in [1.82, 2.24) is 15.1 Å². The van der Waals surface area contributed by atoms with Gasteiger partial charge in [0, 0.05) is 31.4 Å². The predicted molar refractivity (Wildman–Crippen MR) is 68.4 cm³/mol. The highest BCUT2D eigenvalue weighted by molar-refractivity contribution is 4.89. The van der Waals surface area contributed by atoms with Crippen molar-refractivity contribution < 1.29 is 0 Å². The van der Waals surface area contributed by atoms with Gasteiger partial charge in [0.25, 0.3) is 0 Å². The zero-order valence-electron chi connectivity index (χ0n) is 10.9. The van der Waals surface area contributed by atoms with Gasteiger partial charge in [-0.05, 0) is 26.3 Å². The molecule has 0 saturated heterocycles. The van der Waals surface area contributed by atoms with E-state index in [1.54, 1.807) is 6.20 Å². The molecule has 1 aromatic rings. The van der Waals surface area contributed by atoms with Gasteiger partial charge in [-0.15, -0.1) is 0 Å². The summed E-state index contributed by atoms with van der Waals surface area (Å²) < 4.78 is 1.90. The van der Waals surface area contributed by atoms with E-state index in [0.29, 0.717) is 19.4 Å². The van der Waals surface area contributed by atoms with E-state index >= 15 is 0 Å². The number of nitrogens with zero attached hydrogens (tertiary/aromatic N) is 4. The first kappa shape index (κ1) is 14.2. The molecule has 1 heterocycles. The largest absolute Gasteiger partial charge is 0.311 e. The van der Waals surface area contributed by atoms with Gasteiger partial charge >= 0.3 is 0 Å². The minimum absolute atomic E-state index is 0.100. The number of hydrogen-bond acceptors (Lipinski definition) is 4. The van der Waals surface area contributed by atoms with E-state index in [2.05, 4.69) is 36.4 Å². The number of aromatic nitrogens is 2. The summed E-state index contributed by atoms with van der Waals surface area (Å²) in [5.41, 5.74) is 0. The van der Waals surface area contributed by atoms with Crippen LogP contribution in [-0.4, -0.2) is 22.4 Å². The molecule has 0 aromatic carbocycles. The van der Waals surface area contributed by atoms with Crippen LogP contribution in [0.25, 0.3) is 0 Å². The Morgan fingerprint density at radius 2 is 2.17 bits per heavy atom. The first-order valence-corrected chi connectivity index (χ1v) is 6.18. The van der Waals surface area contributed by atoms with Crippen molar-refractivity contribution in [2.45, 2.75) is 38.8 Å². The lowest BCUT2D eigenvalue weighted by molar-refractivity contribution is 0.352. The van der Waals surface area contributed by atoms with Crippen LogP contribution < -0.4 is 5.32 Å². The number of rotatable bonds is 7. The van der Waals surface area contributed by atoms with Crippen molar-refractivity contribution in [1.29, 1.82) is 10.5 Å². The fourth-order valence-electron chi connectivity index (χ4n) is 1.70. The Bertz CT molecular complexity index is 412. The van der Waals surface area contributed by atoms with E-state index in [0.717, 1.165) is 0 Å². The summed E-state index contributed by atoms with van der Waals surface area (Å²) in [7, 11) is 0. The third-order valence-corrected chi connectivity index (χ3v) is 3.14. The summed E-state index contributed by atoms with van der Waals surface area (Å²) in [5.74, 6) is -0.100. The SMILES string of the molecule is C[C@H](NC[C@H](C#N)CCC#N)[C@H](C)n1cccn1. The zero-order valence-corrected chi connectivity index (χ0v) is 10.9. The van der Waals surface area contributed by atoms with Crippen molar-refractivity contribution in [3.05, 3.63) is 18.5 Å². The predicted octanol–water partition coefficient (Wildman–Crippen LogP) is 1.87. The Labute approximate surface area is 108 Å². The van der Waals surface area contributed by atoms with Crippen LogP contribution in [0, 0.1) is 28.6 Å². The van der Waals surface area contributed by atoms with Crippen molar-refractivity contribution in [2.75, 3.05) is 6.54 Å². The second-order valence-corrected chi connectivity index (χ2v) is 4.45. The quantitative estimate of drug-likeness (QED) is 0.795. The maximum absolute atomic E-state index is 8.97. The van der Waals surface area contributed by atoms with Gasteiger partial charge in [0.2, 0.25) is 0 Å². The van der Waals surface area contributed by atoms with Gasteiger partial charge < -0.3 is 5.32 Å². The minimum Gasteiger partial charge on any atom is -0.311 e.